The number of hydrogen-bond acceptors (Lipinski definition) is 2. The van der Waals surface area contributed by atoms with Gasteiger partial charge in [-0.05, 0) is 48.6 Å². The van der Waals surface area contributed by atoms with Gasteiger partial charge in [0.15, 0.2) is 0 Å². The van der Waals surface area contributed by atoms with Crippen molar-refractivity contribution in [2.45, 2.75) is 51.4 Å². The fourth-order valence-corrected chi connectivity index (χ4v) is 4.29. The van der Waals surface area contributed by atoms with Crippen LogP contribution in [-0.2, 0) is 24.7 Å². The maximum absolute atomic E-state index is 12.2. The van der Waals surface area contributed by atoms with Crippen molar-refractivity contribution in [3.8, 4) is 0 Å². The van der Waals surface area contributed by atoms with E-state index in [0.717, 1.165) is 42.2 Å². The number of carbonyl (C=O) groups is 1. The number of aryl methyl sites for hydroxylation is 3. The molecule has 0 saturated heterocycles. The molecule has 4 heteroatoms. The molecule has 1 heterocycles. The molecule has 0 bridgehead atoms. The van der Waals surface area contributed by atoms with Gasteiger partial charge in [0.2, 0.25) is 5.91 Å². The number of rotatable bonds is 7. The highest BCUT2D eigenvalue weighted by atomic mass is 16.1. The van der Waals surface area contributed by atoms with E-state index in [-0.39, 0.29) is 5.91 Å². The highest BCUT2D eigenvalue weighted by Crippen LogP contribution is 2.28. The van der Waals surface area contributed by atoms with Gasteiger partial charge >= 0.3 is 0 Å². The normalized spacial score (nSPS) is 14.6. The predicted octanol–water partition coefficient (Wildman–Crippen LogP) is 5.27. The molecule has 1 aliphatic rings. The second kappa shape index (κ2) is 8.59. The molecule has 0 spiro atoms. The predicted molar refractivity (Wildman–Crippen MR) is 114 cm³/mol. The first-order valence-electron chi connectivity index (χ1n) is 10.5. The highest BCUT2D eigenvalue weighted by Gasteiger charge is 2.16. The molecule has 146 valence electrons. The summed E-state index contributed by atoms with van der Waals surface area (Å²) < 4.78 is 2.17. The summed E-state index contributed by atoms with van der Waals surface area (Å²) in [5, 5.41) is 3.04. The van der Waals surface area contributed by atoms with Crippen LogP contribution in [0.5, 0.6) is 0 Å². The van der Waals surface area contributed by atoms with Crippen LogP contribution in [0.2, 0.25) is 0 Å². The maximum atomic E-state index is 12.2. The fourth-order valence-electron chi connectivity index (χ4n) is 4.29. The second-order valence-corrected chi connectivity index (χ2v) is 8.01. The largest absolute Gasteiger partial charge is 0.331 e. The van der Waals surface area contributed by atoms with Crippen LogP contribution in [0.25, 0.3) is 11.0 Å². The number of benzene rings is 2. The molecule has 2 aromatic carbocycles. The van der Waals surface area contributed by atoms with Crippen LogP contribution < -0.4 is 5.32 Å². The van der Waals surface area contributed by atoms with Gasteiger partial charge in [0.1, 0.15) is 5.82 Å². The van der Waals surface area contributed by atoms with Gasteiger partial charge in [-0.15, -0.1) is 0 Å². The van der Waals surface area contributed by atoms with Gasteiger partial charge in [0, 0.05) is 25.6 Å². The lowest BCUT2D eigenvalue weighted by atomic mass is 10.0. The molecule has 1 amide bonds. The van der Waals surface area contributed by atoms with Crippen LogP contribution in [0, 0.1) is 5.92 Å². The number of imidazole rings is 1. The van der Waals surface area contributed by atoms with Crippen molar-refractivity contribution < 1.29 is 4.79 Å². The van der Waals surface area contributed by atoms with Crippen LogP contribution in [0.3, 0.4) is 0 Å². The van der Waals surface area contributed by atoms with E-state index in [1.54, 1.807) is 0 Å². The Kier molecular flexibility index (Phi) is 5.75. The van der Waals surface area contributed by atoms with Crippen LogP contribution in [-0.4, -0.2) is 15.5 Å². The maximum Gasteiger partial charge on any atom is 0.224 e. The first kappa shape index (κ1) is 18.7. The third kappa shape index (κ3) is 4.44. The summed E-state index contributed by atoms with van der Waals surface area (Å²) in [6, 6.07) is 16.5. The van der Waals surface area contributed by atoms with Crippen LogP contribution in [0.1, 0.15) is 49.9 Å². The van der Waals surface area contributed by atoms with Gasteiger partial charge in [0.25, 0.3) is 0 Å². The molecule has 1 aliphatic carbocycles. The molecule has 1 aromatic heterocycles. The summed E-state index contributed by atoms with van der Waals surface area (Å²) in [4.78, 5) is 16.9. The number of aromatic nitrogens is 2. The van der Waals surface area contributed by atoms with Crippen LogP contribution >= 0.6 is 0 Å². The average molecular weight is 376 g/mol. The zero-order valence-electron chi connectivity index (χ0n) is 16.7. The fraction of sp³-hybridized carbons (Fsp3) is 0.417. The first-order valence-corrected chi connectivity index (χ1v) is 10.5. The van der Waals surface area contributed by atoms with Gasteiger partial charge in [-0.25, -0.2) is 4.98 Å². The number of amides is 1. The van der Waals surface area contributed by atoms with Gasteiger partial charge in [-0.1, -0.05) is 49.9 Å². The zero-order valence-corrected chi connectivity index (χ0v) is 16.7. The average Bonchev–Trinajstić information content (AvgIpc) is 3.34. The van der Waals surface area contributed by atoms with E-state index in [4.69, 9.17) is 4.98 Å². The molecule has 1 N–H and O–H groups in total. The molecule has 0 unspecified atom stereocenters. The molecule has 1 saturated carbocycles. The van der Waals surface area contributed by atoms with Gasteiger partial charge in [0.05, 0.1) is 11.0 Å². The third-order valence-corrected chi connectivity index (χ3v) is 6.01. The second-order valence-electron chi connectivity index (χ2n) is 8.01. The summed E-state index contributed by atoms with van der Waals surface area (Å²) >= 11 is 0. The van der Waals surface area contributed by atoms with Crippen molar-refractivity contribution >= 4 is 22.6 Å². The van der Waals surface area contributed by atoms with Crippen molar-refractivity contribution in [1.29, 1.82) is 0 Å². The van der Waals surface area contributed by atoms with E-state index in [2.05, 4.69) is 47.3 Å². The van der Waals surface area contributed by atoms with E-state index < -0.39 is 0 Å². The lowest BCUT2D eigenvalue weighted by molar-refractivity contribution is -0.116. The molecule has 0 radical (unpaired) electrons. The number of nitrogens with zero attached hydrogens (tertiary/aromatic N) is 2. The summed E-state index contributed by atoms with van der Waals surface area (Å²) in [6.07, 6.45) is 8.78. The highest BCUT2D eigenvalue weighted by molar-refractivity contribution is 5.90. The minimum Gasteiger partial charge on any atom is -0.331 e. The van der Waals surface area contributed by atoms with Gasteiger partial charge < -0.3 is 9.88 Å². The molecule has 3 aromatic rings. The Hall–Kier alpha value is -2.62. The smallest absolute Gasteiger partial charge is 0.224 e. The molecule has 0 atom stereocenters. The first-order chi connectivity index (χ1) is 13.7. The number of nitrogens with one attached hydrogen (secondary N) is 1. The standard InChI is InChI=1S/C24H29N3O/c1-27-22-9-5-4-8-21(22)26-23(27)16-12-19-10-14-20(15-11-19)25-24(28)17-13-18-6-2-3-7-18/h4-5,8-11,14-15,18H,2-3,6-7,12-13,16-17H2,1H3,(H,25,28). The lowest BCUT2D eigenvalue weighted by Gasteiger charge is -2.10. The van der Waals surface area contributed by atoms with E-state index in [1.165, 1.54) is 36.8 Å². The Morgan fingerprint density at radius 3 is 2.57 bits per heavy atom. The van der Waals surface area contributed by atoms with Crippen molar-refractivity contribution in [3.05, 3.63) is 59.9 Å². The minimum absolute atomic E-state index is 0.138. The SMILES string of the molecule is Cn1c(CCc2ccc(NC(=O)CCC3CCCC3)cc2)nc2ccccc21. The Morgan fingerprint density at radius 2 is 1.82 bits per heavy atom. The van der Waals surface area contributed by atoms with Crippen molar-refractivity contribution in [1.82, 2.24) is 9.55 Å². The van der Waals surface area contributed by atoms with Crippen molar-refractivity contribution in [2.24, 2.45) is 13.0 Å². The summed E-state index contributed by atoms with van der Waals surface area (Å²) in [6.45, 7) is 0. The van der Waals surface area contributed by atoms with Gasteiger partial charge in [-0.3, -0.25) is 4.79 Å². The van der Waals surface area contributed by atoms with Gasteiger partial charge in [-0.2, -0.15) is 0 Å². The Labute approximate surface area is 167 Å². The van der Waals surface area contributed by atoms with Crippen LogP contribution in [0.4, 0.5) is 5.69 Å². The molecule has 1 fully saturated rings. The number of carbonyl (C=O) groups excluding carboxylic acids is 1. The molecular formula is C24H29N3O. The number of para-hydroxylation sites is 2. The van der Waals surface area contributed by atoms with E-state index in [0.29, 0.717) is 6.42 Å². The molecule has 0 aliphatic heterocycles. The quantitative estimate of drug-likeness (QED) is 0.612. The van der Waals surface area contributed by atoms with Crippen molar-refractivity contribution in [2.75, 3.05) is 5.32 Å². The topological polar surface area (TPSA) is 46.9 Å². The Morgan fingerprint density at radius 1 is 1.07 bits per heavy atom. The molecule has 4 rings (SSSR count). The van der Waals surface area contributed by atoms with Crippen molar-refractivity contribution in [3.63, 3.8) is 0 Å². The van der Waals surface area contributed by atoms with E-state index >= 15 is 0 Å². The monoisotopic (exact) mass is 375 g/mol. The Bertz CT molecular complexity index is 936. The summed E-state index contributed by atoms with van der Waals surface area (Å²) in [5.74, 6) is 2.00. The Balaban J connectivity index is 1.29. The molecule has 28 heavy (non-hydrogen) atoms. The summed E-state index contributed by atoms with van der Waals surface area (Å²) in [5.41, 5.74) is 4.38. The lowest BCUT2D eigenvalue weighted by Crippen LogP contribution is -2.12. The van der Waals surface area contributed by atoms with E-state index in [1.807, 2.05) is 18.2 Å². The molecular weight excluding hydrogens is 346 g/mol. The number of fused-ring (bicyclic) bond motifs is 1. The molecule has 4 nitrogen and oxygen atoms in total. The zero-order chi connectivity index (χ0) is 19.3. The minimum atomic E-state index is 0.138. The van der Waals surface area contributed by atoms with E-state index in [9.17, 15) is 4.79 Å². The van der Waals surface area contributed by atoms with Crippen LogP contribution in [0.15, 0.2) is 48.5 Å². The third-order valence-electron chi connectivity index (χ3n) is 6.01. The summed E-state index contributed by atoms with van der Waals surface area (Å²) in [7, 11) is 2.08. The number of hydrogen-bond donors (Lipinski definition) is 1. The number of anilines is 1.